The first kappa shape index (κ1) is 18.2. The van der Waals surface area contributed by atoms with E-state index in [0.717, 1.165) is 5.69 Å². The van der Waals surface area contributed by atoms with Gasteiger partial charge in [0.1, 0.15) is 5.25 Å². The number of aliphatic imine (C=N–C) groups is 1. The average Bonchev–Trinajstić information content (AvgIpc) is 2.92. The molecule has 1 atom stereocenters. The molecule has 7 heteroatoms. The normalized spacial score (nSPS) is 18.3. The van der Waals surface area contributed by atoms with Crippen LogP contribution in [0.15, 0.2) is 65.7 Å². The van der Waals surface area contributed by atoms with Gasteiger partial charge >= 0.3 is 0 Å². The van der Waals surface area contributed by atoms with E-state index in [1.807, 2.05) is 48.5 Å². The Hall–Kier alpha value is -2.64. The van der Waals surface area contributed by atoms with Gasteiger partial charge in [-0.3, -0.25) is 14.5 Å². The molecule has 1 saturated heterocycles. The van der Waals surface area contributed by atoms with Crippen LogP contribution in [-0.2, 0) is 9.59 Å². The van der Waals surface area contributed by atoms with E-state index in [9.17, 15) is 14.7 Å². The molecule has 3 rings (SSSR count). The molecule has 0 aliphatic carbocycles. The van der Waals surface area contributed by atoms with Gasteiger partial charge in [0.2, 0.25) is 11.8 Å². The number of aliphatic hydroxyl groups is 1. The molecular weight excluding hydrogens is 350 g/mol. The number of nitrogens with zero attached hydrogens (tertiary/aromatic N) is 2. The number of thioether (sulfide) groups is 1. The largest absolute Gasteiger partial charge is 0.395 e. The average molecular weight is 369 g/mol. The Morgan fingerprint density at radius 2 is 1.77 bits per heavy atom. The van der Waals surface area contributed by atoms with Crippen LogP contribution in [0.5, 0.6) is 0 Å². The van der Waals surface area contributed by atoms with Crippen molar-refractivity contribution in [2.75, 3.05) is 18.5 Å². The minimum atomic E-state index is -0.548. The molecule has 0 spiro atoms. The van der Waals surface area contributed by atoms with Gasteiger partial charge in [-0.15, -0.1) is 0 Å². The van der Waals surface area contributed by atoms with E-state index in [-0.39, 0.29) is 31.4 Å². The van der Waals surface area contributed by atoms with Gasteiger partial charge in [0.05, 0.1) is 18.8 Å². The second kappa shape index (κ2) is 8.64. The van der Waals surface area contributed by atoms with Gasteiger partial charge in [0.15, 0.2) is 5.17 Å². The van der Waals surface area contributed by atoms with E-state index >= 15 is 0 Å². The van der Waals surface area contributed by atoms with Crippen LogP contribution < -0.4 is 5.32 Å². The van der Waals surface area contributed by atoms with E-state index in [2.05, 4.69) is 10.3 Å². The van der Waals surface area contributed by atoms with Gasteiger partial charge in [-0.1, -0.05) is 48.2 Å². The number of benzene rings is 2. The maximum Gasteiger partial charge on any atom is 0.242 e. The highest BCUT2D eigenvalue weighted by Crippen LogP contribution is 2.31. The Bertz CT molecular complexity index is 796. The SMILES string of the molecule is O=C(C[C@H]1SC(=Nc2ccccc2)N(CCO)C1=O)Nc1ccccc1. The number of β-amino-alcohol motifs (C(OH)–C–C–N with tert-alkyl or cyclic N) is 1. The van der Waals surface area contributed by atoms with E-state index < -0.39 is 5.25 Å². The van der Waals surface area contributed by atoms with Gasteiger partial charge in [0.25, 0.3) is 0 Å². The van der Waals surface area contributed by atoms with Gasteiger partial charge in [-0.05, 0) is 24.3 Å². The fourth-order valence-electron chi connectivity index (χ4n) is 2.55. The summed E-state index contributed by atoms with van der Waals surface area (Å²) in [5.74, 6) is -0.436. The lowest BCUT2D eigenvalue weighted by Gasteiger charge is -2.14. The monoisotopic (exact) mass is 369 g/mol. The van der Waals surface area contributed by atoms with E-state index in [4.69, 9.17) is 0 Å². The molecule has 1 aliphatic heterocycles. The van der Waals surface area contributed by atoms with Crippen molar-refractivity contribution < 1.29 is 14.7 Å². The molecule has 2 aromatic carbocycles. The number of aliphatic hydroxyl groups excluding tert-OH is 1. The minimum absolute atomic E-state index is 0.0497. The molecule has 134 valence electrons. The Balaban J connectivity index is 1.71. The zero-order chi connectivity index (χ0) is 18.4. The Kier molecular flexibility index (Phi) is 6.04. The number of hydrogen-bond acceptors (Lipinski definition) is 5. The van der Waals surface area contributed by atoms with Crippen molar-refractivity contribution in [2.24, 2.45) is 4.99 Å². The molecule has 26 heavy (non-hydrogen) atoms. The van der Waals surface area contributed by atoms with Crippen LogP contribution in [0.1, 0.15) is 6.42 Å². The third-order valence-corrected chi connectivity index (χ3v) is 4.93. The van der Waals surface area contributed by atoms with Crippen molar-refractivity contribution in [1.82, 2.24) is 4.90 Å². The molecular formula is C19H19N3O3S. The Labute approximate surface area is 155 Å². The van der Waals surface area contributed by atoms with Crippen molar-refractivity contribution in [1.29, 1.82) is 0 Å². The highest BCUT2D eigenvalue weighted by atomic mass is 32.2. The minimum Gasteiger partial charge on any atom is -0.395 e. The predicted octanol–water partition coefficient (Wildman–Crippen LogP) is 2.64. The number of carbonyl (C=O) groups excluding carboxylic acids is 2. The maximum absolute atomic E-state index is 12.6. The third-order valence-electron chi connectivity index (χ3n) is 3.75. The molecule has 1 heterocycles. The number of nitrogens with one attached hydrogen (secondary N) is 1. The van der Waals surface area contributed by atoms with Crippen LogP contribution >= 0.6 is 11.8 Å². The fraction of sp³-hybridized carbons (Fsp3) is 0.211. The Morgan fingerprint density at radius 1 is 1.12 bits per heavy atom. The first-order valence-corrected chi connectivity index (χ1v) is 9.13. The summed E-state index contributed by atoms with van der Waals surface area (Å²) < 4.78 is 0. The second-order valence-electron chi connectivity index (χ2n) is 5.67. The van der Waals surface area contributed by atoms with E-state index in [0.29, 0.717) is 10.9 Å². The van der Waals surface area contributed by atoms with Gasteiger partial charge < -0.3 is 10.4 Å². The van der Waals surface area contributed by atoms with Crippen LogP contribution in [-0.4, -0.2) is 45.4 Å². The fourth-order valence-corrected chi connectivity index (χ4v) is 3.73. The third kappa shape index (κ3) is 4.50. The highest BCUT2D eigenvalue weighted by Gasteiger charge is 2.38. The Morgan fingerprint density at radius 3 is 2.42 bits per heavy atom. The maximum atomic E-state index is 12.6. The summed E-state index contributed by atoms with van der Waals surface area (Å²) >= 11 is 1.25. The molecule has 1 fully saturated rings. The second-order valence-corrected chi connectivity index (χ2v) is 6.84. The lowest BCUT2D eigenvalue weighted by molar-refractivity contribution is -0.128. The van der Waals surface area contributed by atoms with Crippen molar-refractivity contribution in [3.05, 3.63) is 60.7 Å². The number of anilines is 1. The summed E-state index contributed by atoms with van der Waals surface area (Å²) in [6, 6.07) is 18.4. The number of para-hydroxylation sites is 2. The summed E-state index contributed by atoms with van der Waals surface area (Å²) in [4.78, 5) is 30.8. The van der Waals surface area contributed by atoms with Crippen molar-refractivity contribution in [3.8, 4) is 0 Å². The van der Waals surface area contributed by atoms with Crippen LogP contribution in [0.4, 0.5) is 11.4 Å². The zero-order valence-electron chi connectivity index (χ0n) is 14.0. The van der Waals surface area contributed by atoms with Crippen molar-refractivity contribution >= 4 is 40.1 Å². The zero-order valence-corrected chi connectivity index (χ0v) is 14.9. The highest BCUT2D eigenvalue weighted by molar-refractivity contribution is 8.15. The number of amidine groups is 1. The van der Waals surface area contributed by atoms with E-state index in [1.54, 1.807) is 12.1 Å². The summed E-state index contributed by atoms with van der Waals surface area (Å²) in [6.07, 6.45) is 0.0497. The number of rotatable bonds is 6. The quantitative estimate of drug-likeness (QED) is 0.820. The molecule has 6 nitrogen and oxygen atoms in total. The standard InChI is InChI=1S/C19H19N3O3S/c23-12-11-22-18(25)16(13-17(24)20-14-7-3-1-4-8-14)26-19(22)21-15-9-5-2-6-10-15/h1-10,16,23H,11-13H2,(H,20,24)/t16-/m1/s1. The van der Waals surface area contributed by atoms with Crippen LogP contribution in [0.25, 0.3) is 0 Å². The predicted molar refractivity (Wildman–Crippen MR) is 103 cm³/mol. The number of amides is 2. The summed E-state index contributed by atoms with van der Waals surface area (Å²) in [5.41, 5.74) is 1.42. The smallest absolute Gasteiger partial charge is 0.242 e. The van der Waals surface area contributed by atoms with Crippen molar-refractivity contribution in [2.45, 2.75) is 11.7 Å². The molecule has 0 saturated carbocycles. The molecule has 0 aromatic heterocycles. The van der Waals surface area contributed by atoms with Gasteiger partial charge in [0, 0.05) is 12.1 Å². The van der Waals surface area contributed by atoms with Gasteiger partial charge in [-0.25, -0.2) is 4.99 Å². The first-order chi connectivity index (χ1) is 12.7. The molecule has 2 N–H and O–H groups in total. The first-order valence-electron chi connectivity index (χ1n) is 8.25. The summed E-state index contributed by atoms with van der Waals surface area (Å²) in [7, 11) is 0. The molecule has 1 aliphatic rings. The number of hydrogen-bond donors (Lipinski definition) is 2. The summed E-state index contributed by atoms with van der Waals surface area (Å²) in [6.45, 7) is -0.00263. The topological polar surface area (TPSA) is 82.0 Å². The molecule has 0 bridgehead atoms. The lowest BCUT2D eigenvalue weighted by atomic mass is 10.2. The molecule has 0 unspecified atom stereocenters. The molecule has 0 radical (unpaired) electrons. The number of carbonyl (C=O) groups is 2. The van der Waals surface area contributed by atoms with Crippen LogP contribution in [0.3, 0.4) is 0 Å². The molecule has 2 aromatic rings. The van der Waals surface area contributed by atoms with Crippen LogP contribution in [0.2, 0.25) is 0 Å². The van der Waals surface area contributed by atoms with Crippen LogP contribution in [0, 0.1) is 0 Å². The summed E-state index contributed by atoms with van der Waals surface area (Å²) in [5, 5.41) is 12.0. The van der Waals surface area contributed by atoms with Crippen molar-refractivity contribution in [3.63, 3.8) is 0 Å². The lowest BCUT2D eigenvalue weighted by Crippen LogP contribution is -2.35. The van der Waals surface area contributed by atoms with Gasteiger partial charge in [-0.2, -0.15) is 0 Å². The molecule has 2 amide bonds. The van der Waals surface area contributed by atoms with E-state index in [1.165, 1.54) is 16.7 Å².